The minimum atomic E-state index is -0.181. The highest BCUT2D eigenvalue weighted by molar-refractivity contribution is 5.91. The van der Waals surface area contributed by atoms with Gasteiger partial charge in [0.2, 0.25) is 0 Å². The summed E-state index contributed by atoms with van der Waals surface area (Å²) in [4.78, 5) is 16.6. The summed E-state index contributed by atoms with van der Waals surface area (Å²) in [6, 6.07) is 14.1. The summed E-state index contributed by atoms with van der Waals surface area (Å²) >= 11 is 0. The lowest BCUT2D eigenvalue weighted by atomic mass is 10.2. The number of piperazine rings is 1. The summed E-state index contributed by atoms with van der Waals surface area (Å²) in [6.07, 6.45) is 0.0324. The van der Waals surface area contributed by atoms with Gasteiger partial charge >= 0.3 is 6.03 Å². The Morgan fingerprint density at radius 1 is 1.07 bits per heavy atom. The lowest BCUT2D eigenvalue weighted by Gasteiger charge is -2.34. The number of amides is 2. The van der Waals surface area contributed by atoms with E-state index in [-0.39, 0.29) is 18.0 Å². The van der Waals surface area contributed by atoms with E-state index in [0.29, 0.717) is 49.7 Å². The molecule has 1 aliphatic rings. The molecule has 2 aromatic rings. The first-order valence-corrected chi connectivity index (χ1v) is 9.30. The summed E-state index contributed by atoms with van der Waals surface area (Å²) in [5, 5.41) is 2.94. The summed E-state index contributed by atoms with van der Waals surface area (Å²) in [5.41, 5.74) is 1.36. The summed E-state index contributed by atoms with van der Waals surface area (Å²) in [6.45, 7) is 7.10. The first-order valence-electron chi connectivity index (χ1n) is 9.30. The van der Waals surface area contributed by atoms with Gasteiger partial charge in [0.25, 0.3) is 0 Å². The Kier molecular flexibility index (Phi) is 6.29. The second-order valence-electron chi connectivity index (χ2n) is 6.95. The van der Waals surface area contributed by atoms with E-state index >= 15 is 0 Å². The fourth-order valence-electron chi connectivity index (χ4n) is 3.10. The molecular weight excluding hydrogens is 345 g/mol. The van der Waals surface area contributed by atoms with E-state index in [9.17, 15) is 9.18 Å². The van der Waals surface area contributed by atoms with Crippen molar-refractivity contribution in [2.24, 2.45) is 0 Å². The van der Waals surface area contributed by atoms with Gasteiger partial charge in [-0.25, -0.2) is 9.18 Å². The maximum Gasteiger partial charge on any atom is 0.322 e. The molecule has 6 heteroatoms. The molecule has 1 heterocycles. The monoisotopic (exact) mass is 371 g/mol. The molecule has 0 atom stereocenters. The SMILES string of the molecule is CC(C)Oc1ccccc1NC(=O)N1CCN(Cc2ccccc2F)CC1. The van der Waals surface area contributed by atoms with Crippen LogP contribution in [0.2, 0.25) is 0 Å². The van der Waals surface area contributed by atoms with Crippen molar-refractivity contribution in [3.05, 3.63) is 59.9 Å². The number of carbonyl (C=O) groups excluding carboxylic acids is 1. The Balaban J connectivity index is 1.54. The number of halogens is 1. The van der Waals surface area contributed by atoms with Gasteiger partial charge < -0.3 is 15.0 Å². The summed E-state index contributed by atoms with van der Waals surface area (Å²) in [7, 11) is 0. The smallest absolute Gasteiger partial charge is 0.322 e. The topological polar surface area (TPSA) is 44.8 Å². The van der Waals surface area contributed by atoms with E-state index in [1.807, 2.05) is 44.2 Å². The third-order valence-electron chi connectivity index (χ3n) is 4.50. The number of nitrogens with one attached hydrogen (secondary N) is 1. The van der Waals surface area contributed by atoms with Crippen LogP contribution in [0, 0.1) is 5.82 Å². The van der Waals surface area contributed by atoms with E-state index in [0.717, 1.165) is 0 Å². The van der Waals surface area contributed by atoms with Crippen molar-refractivity contribution in [2.75, 3.05) is 31.5 Å². The quantitative estimate of drug-likeness (QED) is 0.865. The molecular formula is C21H26FN3O2. The number of urea groups is 1. The van der Waals surface area contributed by atoms with Crippen LogP contribution in [0.5, 0.6) is 5.75 Å². The molecule has 5 nitrogen and oxygen atoms in total. The van der Waals surface area contributed by atoms with Gasteiger partial charge in [-0.15, -0.1) is 0 Å². The van der Waals surface area contributed by atoms with Gasteiger partial charge in [0.1, 0.15) is 11.6 Å². The van der Waals surface area contributed by atoms with Crippen molar-refractivity contribution < 1.29 is 13.9 Å². The Labute approximate surface area is 159 Å². The number of rotatable bonds is 5. The number of anilines is 1. The van der Waals surface area contributed by atoms with E-state index in [4.69, 9.17) is 4.74 Å². The highest BCUT2D eigenvalue weighted by Crippen LogP contribution is 2.25. The molecule has 0 bridgehead atoms. The highest BCUT2D eigenvalue weighted by Gasteiger charge is 2.22. The number of nitrogens with zero attached hydrogens (tertiary/aromatic N) is 2. The van der Waals surface area contributed by atoms with Crippen LogP contribution in [0.25, 0.3) is 0 Å². The normalized spacial score (nSPS) is 15.0. The number of para-hydroxylation sites is 2. The molecule has 144 valence electrons. The van der Waals surface area contributed by atoms with Crippen LogP contribution in [-0.4, -0.2) is 48.1 Å². The van der Waals surface area contributed by atoms with Gasteiger partial charge in [0, 0.05) is 38.3 Å². The van der Waals surface area contributed by atoms with Crippen LogP contribution in [0.15, 0.2) is 48.5 Å². The predicted octanol–water partition coefficient (Wildman–Crippen LogP) is 3.96. The molecule has 0 spiro atoms. The number of ether oxygens (including phenoxy) is 1. The molecule has 2 aromatic carbocycles. The minimum Gasteiger partial charge on any atom is -0.489 e. The van der Waals surface area contributed by atoms with Crippen molar-refractivity contribution in [3.8, 4) is 5.75 Å². The molecule has 1 N–H and O–H groups in total. The standard InChI is InChI=1S/C21H26FN3O2/c1-16(2)27-20-10-6-5-9-19(20)23-21(26)25-13-11-24(12-14-25)15-17-7-3-4-8-18(17)22/h3-10,16H,11-15H2,1-2H3,(H,23,26). The lowest BCUT2D eigenvalue weighted by molar-refractivity contribution is 0.142. The molecule has 0 unspecified atom stereocenters. The fraction of sp³-hybridized carbons (Fsp3) is 0.381. The van der Waals surface area contributed by atoms with Gasteiger partial charge in [0.15, 0.2) is 0 Å². The van der Waals surface area contributed by atoms with Gasteiger partial charge in [0.05, 0.1) is 11.8 Å². The van der Waals surface area contributed by atoms with Crippen molar-refractivity contribution in [2.45, 2.75) is 26.5 Å². The maximum atomic E-state index is 13.8. The van der Waals surface area contributed by atoms with Crippen molar-refractivity contribution in [1.29, 1.82) is 0 Å². The average Bonchev–Trinajstić information content (AvgIpc) is 2.65. The first kappa shape index (κ1) is 19.2. The third kappa shape index (κ3) is 5.20. The Morgan fingerprint density at radius 3 is 2.44 bits per heavy atom. The van der Waals surface area contributed by atoms with Crippen LogP contribution in [-0.2, 0) is 6.54 Å². The Hall–Kier alpha value is -2.60. The molecule has 1 aliphatic heterocycles. The largest absolute Gasteiger partial charge is 0.489 e. The third-order valence-corrected chi connectivity index (χ3v) is 4.50. The lowest BCUT2D eigenvalue weighted by Crippen LogP contribution is -2.49. The number of carbonyl (C=O) groups is 1. The van der Waals surface area contributed by atoms with Gasteiger partial charge in [-0.3, -0.25) is 4.90 Å². The minimum absolute atomic E-state index is 0.0324. The van der Waals surface area contributed by atoms with E-state index in [2.05, 4.69) is 10.2 Å². The van der Waals surface area contributed by atoms with Gasteiger partial charge in [-0.2, -0.15) is 0 Å². The zero-order chi connectivity index (χ0) is 19.2. The molecule has 27 heavy (non-hydrogen) atoms. The predicted molar refractivity (Wildman–Crippen MR) is 104 cm³/mol. The van der Waals surface area contributed by atoms with Crippen LogP contribution in [0.4, 0.5) is 14.9 Å². The molecule has 1 saturated heterocycles. The second-order valence-corrected chi connectivity index (χ2v) is 6.95. The molecule has 0 radical (unpaired) electrons. The van der Waals surface area contributed by atoms with Gasteiger partial charge in [-0.05, 0) is 32.0 Å². The van der Waals surface area contributed by atoms with Crippen molar-refractivity contribution >= 4 is 11.7 Å². The van der Waals surface area contributed by atoms with Gasteiger partial charge in [-0.1, -0.05) is 30.3 Å². The zero-order valence-electron chi connectivity index (χ0n) is 15.8. The van der Waals surface area contributed by atoms with Crippen LogP contribution in [0.3, 0.4) is 0 Å². The summed E-state index contributed by atoms with van der Waals surface area (Å²) in [5.74, 6) is 0.485. The van der Waals surface area contributed by atoms with E-state index in [1.165, 1.54) is 6.07 Å². The van der Waals surface area contributed by atoms with E-state index < -0.39 is 0 Å². The summed E-state index contributed by atoms with van der Waals surface area (Å²) < 4.78 is 19.6. The zero-order valence-corrected chi connectivity index (χ0v) is 15.8. The second kappa shape index (κ2) is 8.86. The Morgan fingerprint density at radius 2 is 1.74 bits per heavy atom. The first-order chi connectivity index (χ1) is 13.0. The number of hydrogen-bond donors (Lipinski definition) is 1. The van der Waals surface area contributed by atoms with Crippen LogP contribution >= 0.6 is 0 Å². The fourth-order valence-corrected chi connectivity index (χ4v) is 3.10. The maximum absolute atomic E-state index is 13.8. The molecule has 2 amide bonds. The Bertz CT molecular complexity index is 774. The molecule has 0 saturated carbocycles. The van der Waals surface area contributed by atoms with Crippen LogP contribution < -0.4 is 10.1 Å². The number of benzene rings is 2. The van der Waals surface area contributed by atoms with E-state index in [1.54, 1.807) is 17.0 Å². The van der Waals surface area contributed by atoms with Crippen molar-refractivity contribution in [3.63, 3.8) is 0 Å². The van der Waals surface area contributed by atoms with Crippen LogP contribution in [0.1, 0.15) is 19.4 Å². The molecule has 0 aliphatic carbocycles. The molecule has 0 aromatic heterocycles. The van der Waals surface area contributed by atoms with Crippen molar-refractivity contribution in [1.82, 2.24) is 9.80 Å². The average molecular weight is 371 g/mol. The highest BCUT2D eigenvalue weighted by atomic mass is 19.1. The molecule has 1 fully saturated rings. The number of hydrogen-bond acceptors (Lipinski definition) is 3. The molecule has 3 rings (SSSR count).